The van der Waals surface area contributed by atoms with Gasteiger partial charge in [0.15, 0.2) is 0 Å². The van der Waals surface area contributed by atoms with Gasteiger partial charge in [0.2, 0.25) is 0 Å². The van der Waals surface area contributed by atoms with Crippen LogP contribution in [0.2, 0.25) is 0 Å². The van der Waals surface area contributed by atoms with Crippen LogP contribution in [-0.2, 0) is 10.2 Å². The molecule has 2 fully saturated rings. The predicted octanol–water partition coefficient (Wildman–Crippen LogP) is 5.48. The summed E-state index contributed by atoms with van der Waals surface area (Å²) in [6, 6.07) is 4.39. The smallest absolute Gasteiger partial charge is 0.315 e. The van der Waals surface area contributed by atoms with Crippen molar-refractivity contribution in [1.82, 2.24) is 5.32 Å². The Kier molecular flexibility index (Phi) is 6.19. The van der Waals surface area contributed by atoms with Crippen molar-refractivity contribution in [2.45, 2.75) is 96.0 Å². The molecule has 3 unspecified atom stereocenters. The zero-order chi connectivity index (χ0) is 20.4. The van der Waals surface area contributed by atoms with E-state index in [1.54, 1.807) is 0 Å². The Morgan fingerprint density at radius 2 is 2.03 bits per heavy atom. The van der Waals surface area contributed by atoms with E-state index in [2.05, 4.69) is 38.2 Å². The second-order valence-electron chi connectivity index (χ2n) is 9.89. The Balaban J connectivity index is 1.66. The van der Waals surface area contributed by atoms with Gasteiger partial charge >= 0.3 is 5.97 Å². The van der Waals surface area contributed by atoms with E-state index in [1.165, 1.54) is 31.2 Å². The van der Waals surface area contributed by atoms with Crippen molar-refractivity contribution in [2.24, 2.45) is 5.92 Å². The van der Waals surface area contributed by atoms with E-state index in [1.807, 2.05) is 0 Å². The first-order valence-electron chi connectivity index (χ1n) is 11.8. The number of piperidine rings is 1. The van der Waals surface area contributed by atoms with Crippen LogP contribution < -0.4 is 14.8 Å². The highest BCUT2D eigenvalue weighted by atomic mass is 16.5. The molecule has 1 aromatic rings. The number of rotatable bonds is 6. The lowest BCUT2D eigenvalue weighted by Crippen LogP contribution is -2.36. The van der Waals surface area contributed by atoms with Crippen LogP contribution in [0.25, 0.3) is 0 Å². The number of hydrogen-bond donors (Lipinski definition) is 1. The van der Waals surface area contributed by atoms with Gasteiger partial charge in [-0.3, -0.25) is 4.79 Å². The first kappa shape index (κ1) is 20.7. The van der Waals surface area contributed by atoms with Crippen LogP contribution >= 0.6 is 0 Å². The number of carbonyl (C=O) groups is 1. The lowest BCUT2D eigenvalue weighted by atomic mass is 9.78. The van der Waals surface area contributed by atoms with Crippen LogP contribution in [0.4, 0.5) is 0 Å². The van der Waals surface area contributed by atoms with Crippen LogP contribution in [-0.4, -0.2) is 25.2 Å². The molecule has 0 amide bonds. The highest BCUT2D eigenvalue weighted by Crippen LogP contribution is 2.51. The maximum atomic E-state index is 13.0. The molecule has 2 aliphatic heterocycles. The van der Waals surface area contributed by atoms with Gasteiger partial charge < -0.3 is 14.8 Å². The van der Waals surface area contributed by atoms with E-state index in [-0.39, 0.29) is 23.4 Å². The molecular formula is C25H37NO3. The summed E-state index contributed by atoms with van der Waals surface area (Å²) >= 11 is 0. The maximum absolute atomic E-state index is 13.0. The molecule has 1 saturated heterocycles. The van der Waals surface area contributed by atoms with E-state index >= 15 is 0 Å². The molecule has 1 aliphatic carbocycles. The number of nitrogens with one attached hydrogen (secondary N) is 1. The summed E-state index contributed by atoms with van der Waals surface area (Å²) < 4.78 is 12.5. The monoisotopic (exact) mass is 399 g/mol. The van der Waals surface area contributed by atoms with Crippen LogP contribution in [0.5, 0.6) is 11.5 Å². The lowest BCUT2D eigenvalue weighted by molar-refractivity contribution is -0.139. The molecule has 29 heavy (non-hydrogen) atoms. The number of ether oxygens (including phenoxy) is 2. The van der Waals surface area contributed by atoms with Crippen LogP contribution in [0.3, 0.4) is 0 Å². The third-order valence-electron chi connectivity index (χ3n) is 7.23. The van der Waals surface area contributed by atoms with Gasteiger partial charge in [0, 0.05) is 18.0 Å². The minimum atomic E-state index is -0.0813. The molecule has 3 aliphatic rings. The zero-order valence-corrected chi connectivity index (χ0v) is 18.4. The lowest BCUT2D eigenvalue weighted by Gasteiger charge is -2.28. The molecule has 4 rings (SSSR count). The Morgan fingerprint density at radius 3 is 2.79 bits per heavy atom. The van der Waals surface area contributed by atoms with Crippen molar-refractivity contribution in [3.63, 3.8) is 0 Å². The van der Waals surface area contributed by atoms with Crippen LogP contribution in [0.15, 0.2) is 12.1 Å². The van der Waals surface area contributed by atoms with Gasteiger partial charge in [-0.05, 0) is 68.2 Å². The number of unbranched alkanes of at least 4 members (excludes halogenated alkanes) is 1. The summed E-state index contributed by atoms with van der Waals surface area (Å²) in [7, 11) is 0. The molecule has 0 bridgehead atoms. The molecule has 1 N–H and O–H groups in total. The fraction of sp³-hybridized carbons (Fsp3) is 0.720. The van der Waals surface area contributed by atoms with Crippen molar-refractivity contribution in [2.75, 3.05) is 13.1 Å². The maximum Gasteiger partial charge on any atom is 0.315 e. The topological polar surface area (TPSA) is 47.6 Å². The van der Waals surface area contributed by atoms with Crippen molar-refractivity contribution in [3.05, 3.63) is 23.3 Å². The molecular weight excluding hydrogens is 362 g/mol. The summed E-state index contributed by atoms with van der Waals surface area (Å²) in [6.07, 6.45) is 10.4. The third kappa shape index (κ3) is 4.33. The number of esters is 1. The quantitative estimate of drug-likeness (QED) is 0.508. The normalized spacial score (nSPS) is 26.4. The highest BCUT2D eigenvalue weighted by Gasteiger charge is 2.40. The van der Waals surface area contributed by atoms with Gasteiger partial charge in [0.1, 0.15) is 17.6 Å². The highest BCUT2D eigenvalue weighted by molar-refractivity contribution is 5.76. The van der Waals surface area contributed by atoms with Gasteiger partial charge in [-0.15, -0.1) is 0 Å². The van der Waals surface area contributed by atoms with Crippen molar-refractivity contribution in [3.8, 4) is 11.5 Å². The van der Waals surface area contributed by atoms with Crippen molar-refractivity contribution < 1.29 is 14.3 Å². The average molecular weight is 400 g/mol. The first-order chi connectivity index (χ1) is 14.0. The molecule has 160 valence electrons. The third-order valence-corrected chi connectivity index (χ3v) is 7.23. The molecule has 1 saturated carbocycles. The summed E-state index contributed by atoms with van der Waals surface area (Å²) in [5, 5.41) is 3.33. The van der Waals surface area contributed by atoms with Gasteiger partial charge in [-0.2, -0.15) is 0 Å². The number of benzene rings is 1. The fourth-order valence-electron chi connectivity index (χ4n) is 5.28. The van der Waals surface area contributed by atoms with Crippen molar-refractivity contribution in [1.29, 1.82) is 0 Å². The molecule has 0 spiro atoms. The average Bonchev–Trinajstić information content (AvgIpc) is 3.11. The van der Waals surface area contributed by atoms with E-state index in [0.717, 1.165) is 62.3 Å². The second-order valence-corrected chi connectivity index (χ2v) is 9.89. The number of fused-ring (bicyclic) bond motifs is 3. The van der Waals surface area contributed by atoms with E-state index in [4.69, 9.17) is 9.47 Å². The van der Waals surface area contributed by atoms with Gasteiger partial charge in [0.05, 0.1) is 5.92 Å². The fourth-order valence-corrected chi connectivity index (χ4v) is 5.28. The molecule has 1 aromatic carbocycles. The van der Waals surface area contributed by atoms with Crippen LogP contribution in [0, 0.1) is 5.92 Å². The van der Waals surface area contributed by atoms with Gasteiger partial charge in [-0.1, -0.05) is 40.0 Å². The molecule has 3 atom stereocenters. The second kappa shape index (κ2) is 8.67. The molecule has 2 heterocycles. The standard InChI is InChI=1S/C25H37NO3/c1-4-5-12-25(2,3)18-14-21-23(19-10-6-7-11-20(19)28-21)22(15-18)29-24(27)17-9-8-13-26-16-17/h14-15,17,19-20,26H,4-13,16H2,1-3H3. The summed E-state index contributed by atoms with van der Waals surface area (Å²) in [5.74, 6) is 1.99. The van der Waals surface area contributed by atoms with Crippen LogP contribution in [0.1, 0.15) is 95.6 Å². The van der Waals surface area contributed by atoms with E-state index in [9.17, 15) is 4.79 Å². The van der Waals surface area contributed by atoms with Gasteiger partial charge in [-0.25, -0.2) is 0 Å². The molecule has 4 heteroatoms. The predicted molar refractivity (Wildman–Crippen MR) is 116 cm³/mol. The molecule has 0 radical (unpaired) electrons. The minimum Gasteiger partial charge on any atom is -0.489 e. The summed E-state index contributed by atoms with van der Waals surface area (Å²) in [5.41, 5.74) is 2.42. The first-order valence-corrected chi connectivity index (χ1v) is 11.8. The Labute approximate surface area is 175 Å². The number of carbonyl (C=O) groups excluding carboxylic acids is 1. The van der Waals surface area contributed by atoms with E-state index in [0.29, 0.717) is 5.92 Å². The zero-order valence-electron chi connectivity index (χ0n) is 18.4. The van der Waals surface area contributed by atoms with E-state index < -0.39 is 0 Å². The Hall–Kier alpha value is -1.55. The van der Waals surface area contributed by atoms with Crippen molar-refractivity contribution >= 4 is 5.97 Å². The Bertz CT molecular complexity index is 736. The number of hydrogen-bond acceptors (Lipinski definition) is 4. The SMILES string of the molecule is CCCCC(C)(C)c1cc(OC(=O)C2CCCNC2)c2c(c1)OC1CCCCC21. The largest absolute Gasteiger partial charge is 0.489 e. The van der Waals surface area contributed by atoms with Gasteiger partial charge in [0.25, 0.3) is 0 Å². The Morgan fingerprint density at radius 1 is 1.21 bits per heavy atom. The molecule has 4 nitrogen and oxygen atoms in total. The molecule has 0 aromatic heterocycles. The minimum absolute atomic E-state index is 0.0374. The summed E-state index contributed by atoms with van der Waals surface area (Å²) in [6.45, 7) is 8.55. The summed E-state index contributed by atoms with van der Waals surface area (Å²) in [4.78, 5) is 13.0.